The minimum Gasteiger partial charge on any atom is -0.0650 e. The molecule has 0 amide bonds. The normalized spacial score (nSPS) is 13.2. The van der Waals surface area contributed by atoms with Crippen LogP contribution in [0.25, 0.3) is 0 Å². The van der Waals surface area contributed by atoms with Crippen molar-refractivity contribution in [1.82, 2.24) is 0 Å². The molecule has 0 bridgehead atoms. The van der Waals surface area contributed by atoms with Crippen LogP contribution in [0.2, 0.25) is 0 Å². The Labute approximate surface area is 80.3 Å². The highest BCUT2D eigenvalue weighted by Crippen LogP contribution is 2.25. The topological polar surface area (TPSA) is 0 Å². The second kappa shape index (κ2) is 6.41. The fourth-order valence-electron chi connectivity index (χ4n) is 0.710. The van der Waals surface area contributed by atoms with Crippen molar-refractivity contribution >= 4 is 31.9 Å². The number of halogens is 2. The minimum atomic E-state index is 1.15. The third-order valence-electron chi connectivity index (χ3n) is 1.23. The van der Waals surface area contributed by atoms with Crippen molar-refractivity contribution < 1.29 is 0 Å². The molecule has 0 nitrogen and oxygen atoms in total. The number of hydrogen-bond acceptors (Lipinski definition) is 0. The summed E-state index contributed by atoms with van der Waals surface area (Å²) < 4.78 is 2.66. The Bertz CT molecular complexity index is 102. The zero-order valence-electron chi connectivity index (χ0n) is 6.58. The molecule has 0 heterocycles. The molecule has 0 aliphatic carbocycles. The molecule has 2 heteroatoms. The molecule has 0 aromatic heterocycles. The Kier molecular flexibility index (Phi) is 6.86. The van der Waals surface area contributed by atoms with Crippen LogP contribution in [-0.2, 0) is 0 Å². The Morgan fingerprint density at radius 1 is 0.900 bits per heavy atom. The molecule has 0 saturated heterocycles. The Morgan fingerprint density at radius 2 is 1.20 bits per heavy atom. The predicted octanol–water partition coefficient (Wildman–Crippen LogP) is 4.59. The maximum atomic E-state index is 3.54. The highest BCUT2D eigenvalue weighted by molar-refractivity contribution is 9.14. The van der Waals surface area contributed by atoms with Gasteiger partial charge in [0.25, 0.3) is 0 Å². The molecule has 0 radical (unpaired) electrons. The van der Waals surface area contributed by atoms with Crippen LogP contribution in [0, 0.1) is 0 Å². The standard InChI is InChI=1S/C8H14Br2/c1-3-5-7(9)8(10)6-4-2/h3-6H2,1-2H3/b8-7+. The summed E-state index contributed by atoms with van der Waals surface area (Å²) in [4.78, 5) is 0. The first-order valence-electron chi connectivity index (χ1n) is 3.75. The summed E-state index contributed by atoms with van der Waals surface area (Å²) in [6, 6.07) is 0. The largest absolute Gasteiger partial charge is 0.0650 e. The van der Waals surface area contributed by atoms with Gasteiger partial charge in [-0.1, -0.05) is 58.5 Å². The maximum absolute atomic E-state index is 3.54. The van der Waals surface area contributed by atoms with Crippen molar-refractivity contribution in [3.05, 3.63) is 8.96 Å². The third-order valence-corrected chi connectivity index (χ3v) is 3.52. The van der Waals surface area contributed by atoms with Crippen molar-refractivity contribution in [2.24, 2.45) is 0 Å². The van der Waals surface area contributed by atoms with E-state index in [-0.39, 0.29) is 0 Å². The molecule has 0 atom stereocenters. The molecule has 0 saturated carbocycles. The molecule has 0 N–H and O–H groups in total. The van der Waals surface area contributed by atoms with Gasteiger partial charge in [-0.25, -0.2) is 0 Å². The van der Waals surface area contributed by atoms with Crippen LogP contribution in [0.4, 0.5) is 0 Å². The average molecular weight is 270 g/mol. The second-order valence-corrected chi connectivity index (χ2v) is 4.22. The molecule has 60 valence electrons. The van der Waals surface area contributed by atoms with Gasteiger partial charge < -0.3 is 0 Å². The lowest BCUT2D eigenvalue weighted by Crippen LogP contribution is -1.77. The predicted molar refractivity (Wildman–Crippen MR) is 54.7 cm³/mol. The third kappa shape index (κ3) is 4.51. The molecule has 10 heavy (non-hydrogen) atoms. The maximum Gasteiger partial charge on any atom is 0.00517 e. The van der Waals surface area contributed by atoms with E-state index in [4.69, 9.17) is 0 Å². The van der Waals surface area contributed by atoms with Crippen LogP contribution >= 0.6 is 31.9 Å². The average Bonchev–Trinajstić information content (AvgIpc) is 1.89. The molecular weight excluding hydrogens is 256 g/mol. The molecule has 0 aromatic carbocycles. The summed E-state index contributed by atoms with van der Waals surface area (Å²) in [5.74, 6) is 0. The minimum absolute atomic E-state index is 1.15. The van der Waals surface area contributed by atoms with Crippen LogP contribution in [0.15, 0.2) is 8.96 Å². The quantitative estimate of drug-likeness (QED) is 0.700. The SMILES string of the molecule is CCC/C(Br)=C(\Br)CCC. The lowest BCUT2D eigenvalue weighted by Gasteiger charge is -2.00. The molecule has 0 aromatic rings. The van der Waals surface area contributed by atoms with E-state index in [9.17, 15) is 0 Å². The van der Waals surface area contributed by atoms with E-state index in [1.54, 1.807) is 0 Å². The van der Waals surface area contributed by atoms with Gasteiger partial charge in [-0.2, -0.15) is 0 Å². The first-order chi connectivity index (χ1) is 4.72. The van der Waals surface area contributed by atoms with Crippen LogP contribution in [0.3, 0.4) is 0 Å². The zero-order valence-corrected chi connectivity index (χ0v) is 9.76. The van der Waals surface area contributed by atoms with Gasteiger partial charge in [0.15, 0.2) is 0 Å². The van der Waals surface area contributed by atoms with E-state index in [1.165, 1.54) is 21.8 Å². The molecule has 0 fully saturated rings. The highest BCUT2D eigenvalue weighted by Gasteiger charge is 1.97. The molecule has 0 spiro atoms. The van der Waals surface area contributed by atoms with Crippen molar-refractivity contribution in [2.75, 3.05) is 0 Å². The van der Waals surface area contributed by atoms with E-state index in [0.717, 1.165) is 12.8 Å². The lowest BCUT2D eigenvalue weighted by atomic mass is 10.2. The van der Waals surface area contributed by atoms with Crippen molar-refractivity contribution in [2.45, 2.75) is 39.5 Å². The van der Waals surface area contributed by atoms with E-state index in [0.29, 0.717) is 0 Å². The van der Waals surface area contributed by atoms with E-state index < -0.39 is 0 Å². The Hall–Kier alpha value is 0.700. The number of allylic oxidation sites excluding steroid dienone is 2. The van der Waals surface area contributed by atoms with Gasteiger partial charge in [0.05, 0.1) is 0 Å². The number of rotatable bonds is 4. The summed E-state index contributed by atoms with van der Waals surface area (Å²) >= 11 is 7.07. The second-order valence-electron chi connectivity index (χ2n) is 2.31. The van der Waals surface area contributed by atoms with Crippen molar-refractivity contribution in [3.8, 4) is 0 Å². The van der Waals surface area contributed by atoms with Gasteiger partial charge in [-0.15, -0.1) is 0 Å². The summed E-state index contributed by atoms with van der Waals surface area (Å²) in [7, 11) is 0. The lowest BCUT2D eigenvalue weighted by molar-refractivity contribution is 0.908. The molecule has 0 aliphatic rings. The van der Waals surface area contributed by atoms with Gasteiger partial charge >= 0.3 is 0 Å². The van der Waals surface area contributed by atoms with Crippen LogP contribution in [0.5, 0.6) is 0 Å². The Morgan fingerprint density at radius 3 is 1.40 bits per heavy atom. The molecular formula is C8H14Br2. The van der Waals surface area contributed by atoms with Crippen molar-refractivity contribution in [3.63, 3.8) is 0 Å². The summed E-state index contributed by atoms with van der Waals surface area (Å²) in [6.45, 7) is 4.38. The van der Waals surface area contributed by atoms with Crippen LogP contribution < -0.4 is 0 Å². The van der Waals surface area contributed by atoms with Gasteiger partial charge in [0.2, 0.25) is 0 Å². The van der Waals surface area contributed by atoms with Gasteiger partial charge in [0, 0.05) is 8.96 Å². The Balaban J connectivity index is 3.79. The van der Waals surface area contributed by atoms with E-state index in [1.807, 2.05) is 0 Å². The summed E-state index contributed by atoms with van der Waals surface area (Å²) in [5.41, 5.74) is 0. The fourth-order valence-corrected chi connectivity index (χ4v) is 1.90. The van der Waals surface area contributed by atoms with Crippen LogP contribution in [-0.4, -0.2) is 0 Å². The monoisotopic (exact) mass is 268 g/mol. The van der Waals surface area contributed by atoms with Crippen molar-refractivity contribution in [1.29, 1.82) is 0 Å². The molecule has 0 rings (SSSR count). The van der Waals surface area contributed by atoms with Gasteiger partial charge in [0.1, 0.15) is 0 Å². The first-order valence-corrected chi connectivity index (χ1v) is 5.34. The first kappa shape index (κ1) is 10.7. The van der Waals surface area contributed by atoms with Crippen LogP contribution in [0.1, 0.15) is 39.5 Å². The fraction of sp³-hybridized carbons (Fsp3) is 0.750. The van der Waals surface area contributed by atoms with E-state index in [2.05, 4.69) is 45.7 Å². The van der Waals surface area contributed by atoms with E-state index >= 15 is 0 Å². The summed E-state index contributed by atoms with van der Waals surface area (Å²) in [6.07, 6.45) is 4.72. The molecule has 0 unspecified atom stereocenters. The summed E-state index contributed by atoms with van der Waals surface area (Å²) in [5, 5.41) is 0. The van der Waals surface area contributed by atoms with Gasteiger partial charge in [-0.05, 0) is 12.8 Å². The number of hydrogen-bond donors (Lipinski definition) is 0. The van der Waals surface area contributed by atoms with Gasteiger partial charge in [-0.3, -0.25) is 0 Å². The highest BCUT2D eigenvalue weighted by atomic mass is 79.9. The smallest absolute Gasteiger partial charge is 0.00517 e. The zero-order chi connectivity index (χ0) is 7.98. The molecule has 0 aliphatic heterocycles.